The van der Waals surface area contributed by atoms with Crippen LogP contribution < -0.4 is 10.6 Å². The van der Waals surface area contributed by atoms with E-state index in [9.17, 15) is 36.3 Å². The summed E-state index contributed by atoms with van der Waals surface area (Å²) in [4.78, 5) is 38.1. The monoisotopic (exact) mass is 473 g/mol. The Morgan fingerprint density at radius 1 is 1.15 bits per heavy atom. The number of carbonyl (C=O) groups is 3. The molecule has 2 aromatic rings. The van der Waals surface area contributed by atoms with Gasteiger partial charge in [0.25, 0.3) is 17.6 Å². The lowest BCUT2D eigenvalue weighted by molar-refractivity contribution is -0.201. The first kappa shape index (κ1) is 24.4. The molecule has 1 atom stereocenters. The quantitative estimate of drug-likeness (QED) is 0.341. The van der Waals surface area contributed by atoms with Gasteiger partial charge >= 0.3 is 6.18 Å². The minimum atomic E-state index is -5.02. The molecule has 0 fully saturated rings. The first-order valence-electron chi connectivity index (χ1n) is 9.83. The maximum absolute atomic E-state index is 13.5. The van der Waals surface area contributed by atoms with Crippen LogP contribution in [-0.2, 0) is 17.8 Å². The molecule has 2 heterocycles. The highest BCUT2D eigenvalue weighted by molar-refractivity contribution is 6.44. The van der Waals surface area contributed by atoms with Crippen LogP contribution in [0.5, 0.6) is 0 Å². The van der Waals surface area contributed by atoms with Gasteiger partial charge in [-0.3, -0.25) is 14.4 Å². The van der Waals surface area contributed by atoms with Gasteiger partial charge in [0.1, 0.15) is 5.69 Å². The summed E-state index contributed by atoms with van der Waals surface area (Å²) >= 11 is 0. The lowest BCUT2D eigenvalue weighted by Crippen LogP contribution is -2.60. The highest BCUT2D eigenvalue weighted by Gasteiger charge is 2.52. The van der Waals surface area contributed by atoms with Crippen LogP contribution in [0.25, 0.3) is 0 Å². The van der Waals surface area contributed by atoms with E-state index in [1.54, 1.807) is 0 Å². The molecule has 33 heavy (non-hydrogen) atoms. The molecule has 2 amide bonds. The first-order chi connectivity index (χ1) is 15.3. The molecule has 0 saturated carbocycles. The number of hydrogen-bond donors (Lipinski definition) is 3. The minimum absolute atomic E-state index is 0.0240. The number of hydrogen-bond acceptors (Lipinski definition) is 4. The maximum Gasteiger partial charge on any atom is 0.413 e. The second-order valence-corrected chi connectivity index (χ2v) is 7.90. The van der Waals surface area contributed by atoms with Gasteiger partial charge in [-0.1, -0.05) is 0 Å². The standard InChI is InChI=1S/C21H20F5N3O4/c1-10-15(17(31)19(33)28-20(2,9-30)21(24,25)26)14-4-3-7-29(14)16(10)18(32)27-11-5-6-12(22)13(23)8-11/h5-6,8,30H,3-4,7,9H2,1-2H3,(H,27,32)(H,28,33)/t20-/m0/s1. The van der Waals surface area contributed by atoms with Crippen molar-refractivity contribution in [3.05, 3.63) is 52.3 Å². The SMILES string of the molecule is Cc1c(C(=O)C(=O)N[C@@](C)(CO)C(F)(F)F)c2n(c1C(=O)Nc1ccc(F)c(F)c1)CCC2. The highest BCUT2D eigenvalue weighted by Crippen LogP contribution is 2.32. The summed E-state index contributed by atoms with van der Waals surface area (Å²) in [5.41, 5.74) is -2.96. The number of nitrogens with one attached hydrogen (secondary N) is 2. The Morgan fingerprint density at radius 2 is 1.82 bits per heavy atom. The van der Waals surface area contributed by atoms with Gasteiger partial charge in [0, 0.05) is 24.0 Å². The summed E-state index contributed by atoms with van der Waals surface area (Å²) in [5.74, 6) is -5.93. The average Bonchev–Trinajstić information content (AvgIpc) is 3.28. The Kier molecular flexibility index (Phi) is 6.33. The van der Waals surface area contributed by atoms with Gasteiger partial charge in [-0.05, 0) is 44.4 Å². The molecule has 1 aromatic carbocycles. The molecule has 12 heteroatoms. The number of ketones is 1. The number of aliphatic hydroxyl groups is 1. The number of aliphatic hydroxyl groups excluding tert-OH is 1. The van der Waals surface area contributed by atoms with Gasteiger partial charge in [0.05, 0.1) is 12.2 Å². The summed E-state index contributed by atoms with van der Waals surface area (Å²) in [6.45, 7) is 0.726. The molecule has 0 bridgehead atoms. The third-order valence-electron chi connectivity index (χ3n) is 5.57. The van der Waals surface area contributed by atoms with E-state index in [-0.39, 0.29) is 22.5 Å². The van der Waals surface area contributed by atoms with Crippen molar-refractivity contribution in [2.75, 3.05) is 11.9 Å². The van der Waals surface area contributed by atoms with Crippen molar-refractivity contribution >= 4 is 23.3 Å². The molecule has 3 N–H and O–H groups in total. The van der Waals surface area contributed by atoms with Crippen molar-refractivity contribution in [1.29, 1.82) is 0 Å². The number of alkyl halides is 3. The average molecular weight is 473 g/mol. The summed E-state index contributed by atoms with van der Waals surface area (Å²) in [6, 6.07) is 2.72. The second-order valence-electron chi connectivity index (χ2n) is 7.90. The summed E-state index contributed by atoms with van der Waals surface area (Å²) < 4.78 is 67.7. The van der Waals surface area contributed by atoms with Crippen molar-refractivity contribution in [3.8, 4) is 0 Å². The van der Waals surface area contributed by atoms with Gasteiger partial charge < -0.3 is 20.3 Å². The molecular formula is C21H20F5N3O4. The zero-order chi connectivity index (χ0) is 24.7. The van der Waals surface area contributed by atoms with Gasteiger partial charge in [0.15, 0.2) is 17.2 Å². The fourth-order valence-electron chi connectivity index (χ4n) is 3.70. The third-order valence-corrected chi connectivity index (χ3v) is 5.57. The molecule has 1 aromatic heterocycles. The number of rotatable bonds is 6. The Labute approximate surface area is 184 Å². The molecule has 1 aliphatic heterocycles. The minimum Gasteiger partial charge on any atom is -0.394 e. The van der Waals surface area contributed by atoms with Crippen LogP contribution in [0, 0.1) is 18.6 Å². The molecule has 7 nitrogen and oxygen atoms in total. The Bertz CT molecular complexity index is 1140. The normalized spacial score (nSPS) is 15.0. The van der Waals surface area contributed by atoms with Gasteiger partial charge in [0.2, 0.25) is 0 Å². The molecule has 1 aliphatic rings. The van der Waals surface area contributed by atoms with Gasteiger partial charge in [-0.2, -0.15) is 13.2 Å². The number of anilines is 1. The third kappa shape index (κ3) is 4.34. The zero-order valence-corrected chi connectivity index (χ0v) is 17.6. The number of nitrogens with zero attached hydrogens (tertiary/aromatic N) is 1. The summed E-state index contributed by atoms with van der Waals surface area (Å²) in [6.07, 6.45) is -4.21. The van der Waals surface area contributed by atoms with Crippen molar-refractivity contribution in [1.82, 2.24) is 9.88 Å². The van der Waals surface area contributed by atoms with E-state index in [4.69, 9.17) is 5.11 Å². The number of halogens is 5. The number of carbonyl (C=O) groups excluding carboxylic acids is 3. The van der Waals surface area contributed by atoms with Gasteiger partial charge in [-0.25, -0.2) is 8.78 Å². The molecular weight excluding hydrogens is 453 g/mol. The van der Waals surface area contributed by atoms with Gasteiger partial charge in [-0.15, -0.1) is 0 Å². The molecule has 0 spiro atoms. The fourth-order valence-corrected chi connectivity index (χ4v) is 3.70. The lowest BCUT2D eigenvalue weighted by Gasteiger charge is -2.30. The molecule has 0 aliphatic carbocycles. The van der Waals surface area contributed by atoms with E-state index < -0.39 is 47.6 Å². The van der Waals surface area contributed by atoms with Crippen molar-refractivity contribution in [2.24, 2.45) is 0 Å². The zero-order valence-electron chi connectivity index (χ0n) is 17.6. The number of fused-ring (bicyclic) bond motifs is 1. The van der Waals surface area contributed by atoms with Crippen LogP contribution in [0.3, 0.4) is 0 Å². The second kappa shape index (κ2) is 8.58. The van der Waals surface area contributed by atoms with E-state index in [0.717, 1.165) is 18.2 Å². The van der Waals surface area contributed by atoms with E-state index in [1.165, 1.54) is 16.8 Å². The topological polar surface area (TPSA) is 100 Å². The Balaban J connectivity index is 1.94. The van der Waals surface area contributed by atoms with Crippen molar-refractivity contribution < 1.29 is 41.4 Å². The van der Waals surface area contributed by atoms with Crippen LogP contribution in [0.15, 0.2) is 18.2 Å². The summed E-state index contributed by atoms with van der Waals surface area (Å²) in [7, 11) is 0. The van der Waals surface area contributed by atoms with E-state index >= 15 is 0 Å². The molecule has 0 radical (unpaired) electrons. The van der Waals surface area contributed by atoms with Crippen molar-refractivity contribution in [2.45, 2.75) is 44.9 Å². The smallest absolute Gasteiger partial charge is 0.394 e. The number of amides is 2. The molecule has 178 valence electrons. The van der Waals surface area contributed by atoms with Crippen LogP contribution in [0.2, 0.25) is 0 Å². The highest BCUT2D eigenvalue weighted by atomic mass is 19.4. The van der Waals surface area contributed by atoms with Crippen LogP contribution in [0.4, 0.5) is 27.6 Å². The number of Topliss-reactive ketones (excluding diaryl/α,β-unsaturated/α-hetero) is 1. The predicted octanol–water partition coefficient (Wildman–Crippen LogP) is 2.89. The summed E-state index contributed by atoms with van der Waals surface area (Å²) in [5, 5.41) is 13.1. The largest absolute Gasteiger partial charge is 0.413 e. The molecule has 3 rings (SSSR count). The van der Waals surface area contributed by atoms with E-state index in [0.29, 0.717) is 32.0 Å². The maximum atomic E-state index is 13.5. The Morgan fingerprint density at radius 3 is 2.39 bits per heavy atom. The van der Waals surface area contributed by atoms with Crippen LogP contribution in [0.1, 0.15) is 45.4 Å². The lowest BCUT2D eigenvalue weighted by atomic mass is 9.99. The van der Waals surface area contributed by atoms with Crippen LogP contribution >= 0.6 is 0 Å². The fraction of sp³-hybridized carbons (Fsp3) is 0.381. The van der Waals surface area contributed by atoms with E-state index in [2.05, 4.69) is 5.32 Å². The predicted molar refractivity (Wildman–Crippen MR) is 106 cm³/mol. The molecule has 0 saturated heterocycles. The van der Waals surface area contributed by atoms with Crippen molar-refractivity contribution in [3.63, 3.8) is 0 Å². The number of benzene rings is 1. The first-order valence-corrected chi connectivity index (χ1v) is 9.83. The molecule has 0 unspecified atom stereocenters. The van der Waals surface area contributed by atoms with E-state index in [1.807, 2.05) is 0 Å². The Hall–Kier alpha value is -3.28. The van der Waals surface area contributed by atoms with Crippen LogP contribution in [-0.4, -0.2) is 45.6 Å². The number of aromatic nitrogens is 1.